The minimum Gasteiger partial charge on any atom is -0.390 e. The zero-order valence-corrected chi connectivity index (χ0v) is 23.1. The molecule has 0 amide bonds. The number of benzene rings is 1. The summed E-state index contributed by atoms with van der Waals surface area (Å²) in [6, 6.07) is 11.8. The lowest BCUT2D eigenvalue weighted by atomic mass is 9.85. The number of carbonyl (C=O) groups is 1. The van der Waals surface area contributed by atoms with Crippen molar-refractivity contribution >= 4 is 34.1 Å². The van der Waals surface area contributed by atoms with Crippen LogP contribution in [-0.2, 0) is 9.53 Å². The number of aliphatic imine (C=N–C) groups is 1. The van der Waals surface area contributed by atoms with Gasteiger partial charge in [-0.2, -0.15) is 10.4 Å². The SMILES string of the molecule is CC(C)C(=NC=C1C(=O)OC(C)(C)[N+]1=N)c1ccc(Nc2nn(C3CCCCC3C#N)c3cc[nH]c(=O)c23)cc1. The number of fused-ring (bicyclic) bond motifs is 1. The number of esters is 1. The second-order valence-corrected chi connectivity index (χ2v) is 11.0. The lowest BCUT2D eigenvalue weighted by Crippen LogP contribution is -2.28. The summed E-state index contributed by atoms with van der Waals surface area (Å²) in [7, 11) is 0. The first kappa shape index (κ1) is 27.0. The van der Waals surface area contributed by atoms with Gasteiger partial charge < -0.3 is 15.0 Å². The van der Waals surface area contributed by atoms with E-state index in [0.29, 0.717) is 16.7 Å². The van der Waals surface area contributed by atoms with Crippen molar-refractivity contribution in [2.24, 2.45) is 16.8 Å². The van der Waals surface area contributed by atoms with Crippen LogP contribution in [0, 0.1) is 28.7 Å². The largest absolute Gasteiger partial charge is 0.413 e. The van der Waals surface area contributed by atoms with E-state index in [1.807, 2.05) is 48.9 Å². The predicted octanol–water partition coefficient (Wildman–Crippen LogP) is 5.35. The third-order valence-electron chi connectivity index (χ3n) is 7.49. The minimum atomic E-state index is -1.05. The summed E-state index contributed by atoms with van der Waals surface area (Å²) in [6.45, 7) is 7.30. The molecule has 0 spiro atoms. The van der Waals surface area contributed by atoms with Crippen LogP contribution in [0.25, 0.3) is 10.9 Å². The number of pyridine rings is 1. The summed E-state index contributed by atoms with van der Waals surface area (Å²) < 4.78 is 8.11. The monoisotopic (exact) mass is 541 g/mol. The minimum absolute atomic E-state index is 0.0436. The van der Waals surface area contributed by atoms with E-state index in [1.54, 1.807) is 20.0 Å². The summed E-state index contributed by atoms with van der Waals surface area (Å²) in [6.07, 6.45) is 6.71. The number of hydrogen-bond donors (Lipinski definition) is 3. The van der Waals surface area contributed by atoms with Crippen molar-refractivity contribution in [2.75, 3.05) is 5.32 Å². The highest BCUT2D eigenvalue weighted by Gasteiger charge is 2.51. The Bertz CT molecular complexity index is 1640. The molecule has 2 aliphatic rings. The van der Waals surface area contributed by atoms with Crippen molar-refractivity contribution in [1.82, 2.24) is 14.8 Å². The van der Waals surface area contributed by atoms with Crippen molar-refractivity contribution in [2.45, 2.75) is 65.1 Å². The zero-order chi connectivity index (χ0) is 28.6. The topological polar surface area (TPSA) is 152 Å². The van der Waals surface area contributed by atoms with Crippen molar-refractivity contribution in [3.63, 3.8) is 0 Å². The molecule has 2 fully saturated rings. The van der Waals surface area contributed by atoms with Crippen molar-refractivity contribution in [3.05, 3.63) is 64.3 Å². The van der Waals surface area contributed by atoms with Crippen LogP contribution < -0.4 is 10.9 Å². The number of nitriles is 1. The standard InChI is InChI=1S/C29H32N8O3/c1-17(2)25(33-16-23-28(39)40-29(3,4)37(23)31)18-9-11-20(12-10-18)34-26-24-22(13-14-32-27(24)38)36(35-26)21-8-6-5-7-19(21)15-30/h9-14,16-17,19,21H,5-8H2,1-4H3,(H2-,31,32,33,34,35,38,39)/p+1. The van der Waals surface area contributed by atoms with Crippen LogP contribution in [0.2, 0.25) is 0 Å². The van der Waals surface area contributed by atoms with Gasteiger partial charge in [-0.25, -0.2) is 4.79 Å². The summed E-state index contributed by atoms with van der Waals surface area (Å²) in [5.41, 5.74) is 9.99. The van der Waals surface area contributed by atoms with Gasteiger partial charge in [-0.15, -0.1) is 0 Å². The molecule has 3 heterocycles. The van der Waals surface area contributed by atoms with E-state index >= 15 is 0 Å². The first-order valence-corrected chi connectivity index (χ1v) is 13.5. The Morgan fingerprint density at radius 2 is 2.00 bits per heavy atom. The molecule has 1 aliphatic carbocycles. The molecule has 0 bridgehead atoms. The van der Waals surface area contributed by atoms with Crippen LogP contribution in [0.3, 0.4) is 0 Å². The van der Waals surface area contributed by atoms with E-state index in [2.05, 4.69) is 21.4 Å². The number of anilines is 2. The molecule has 11 heteroatoms. The van der Waals surface area contributed by atoms with Gasteiger partial charge in [0.1, 0.15) is 11.6 Å². The van der Waals surface area contributed by atoms with Gasteiger partial charge in [-0.1, -0.05) is 38.8 Å². The number of carbonyl (C=O) groups excluding carboxylic acids is 1. The lowest BCUT2D eigenvalue weighted by Gasteiger charge is -2.27. The van der Waals surface area contributed by atoms with Crippen molar-refractivity contribution < 1.29 is 14.2 Å². The number of aromatic nitrogens is 3. The summed E-state index contributed by atoms with van der Waals surface area (Å²) in [5.74, 6) is -0.247. The average molecular weight is 542 g/mol. The molecule has 0 radical (unpaired) electrons. The Hall–Kier alpha value is -4.59. The lowest BCUT2D eigenvalue weighted by molar-refractivity contribution is -0.653. The summed E-state index contributed by atoms with van der Waals surface area (Å²) >= 11 is 0. The van der Waals surface area contributed by atoms with E-state index < -0.39 is 11.7 Å². The molecule has 11 nitrogen and oxygen atoms in total. The number of nitrogens with one attached hydrogen (secondary N) is 3. The maximum absolute atomic E-state index is 12.8. The van der Waals surface area contributed by atoms with Crippen LogP contribution in [0.5, 0.6) is 0 Å². The van der Waals surface area contributed by atoms with Crippen LogP contribution in [0.15, 0.2) is 58.2 Å². The third-order valence-corrected chi connectivity index (χ3v) is 7.49. The predicted molar refractivity (Wildman–Crippen MR) is 149 cm³/mol. The average Bonchev–Trinajstić information content (AvgIpc) is 3.38. The second kappa shape index (κ2) is 10.5. The van der Waals surface area contributed by atoms with E-state index in [9.17, 15) is 14.9 Å². The van der Waals surface area contributed by atoms with Crippen LogP contribution in [-0.4, -0.2) is 36.9 Å². The van der Waals surface area contributed by atoms with Gasteiger partial charge in [-0.05, 0) is 52.8 Å². The Labute approximate surface area is 231 Å². The van der Waals surface area contributed by atoms with Gasteiger partial charge in [0.15, 0.2) is 5.82 Å². The molecule has 5 rings (SSSR count). The maximum Gasteiger partial charge on any atom is 0.413 e. The number of rotatable bonds is 6. The molecule has 206 valence electrons. The van der Waals surface area contributed by atoms with Crippen LogP contribution in [0.4, 0.5) is 11.5 Å². The highest BCUT2D eigenvalue weighted by atomic mass is 16.6. The Kier molecular flexibility index (Phi) is 7.10. The molecule has 3 aromatic rings. The first-order chi connectivity index (χ1) is 19.1. The van der Waals surface area contributed by atoms with Crippen molar-refractivity contribution in [1.29, 1.82) is 10.8 Å². The molecule has 1 aromatic carbocycles. The van der Waals surface area contributed by atoms with Crippen LogP contribution >= 0.6 is 0 Å². The number of H-pyrrole nitrogens is 1. The fraction of sp³-hybridized carbons (Fsp3) is 0.414. The van der Waals surface area contributed by atoms with E-state index in [-0.39, 0.29) is 29.1 Å². The van der Waals surface area contributed by atoms with Gasteiger partial charge in [0.25, 0.3) is 5.56 Å². The molecular formula is C29H33N8O3+. The summed E-state index contributed by atoms with van der Waals surface area (Å²) in [4.78, 5) is 32.4. The van der Waals surface area contributed by atoms with Gasteiger partial charge >= 0.3 is 17.4 Å². The number of aromatic amines is 1. The fourth-order valence-corrected chi connectivity index (χ4v) is 5.36. The van der Waals surface area contributed by atoms with Gasteiger partial charge in [0, 0.05) is 25.7 Å². The van der Waals surface area contributed by atoms with Gasteiger partial charge in [-0.3, -0.25) is 14.5 Å². The Morgan fingerprint density at radius 1 is 1.27 bits per heavy atom. The number of hydrogen-bond acceptors (Lipinski definition) is 8. The smallest absolute Gasteiger partial charge is 0.390 e. The molecule has 2 unspecified atom stereocenters. The highest BCUT2D eigenvalue weighted by molar-refractivity contribution is 6.03. The first-order valence-electron chi connectivity index (χ1n) is 13.5. The normalized spacial score (nSPS) is 22.1. The van der Waals surface area contributed by atoms with E-state index in [1.165, 1.54) is 6.20 Å². The molecule has 2 aromatic heterocycles. The highest BCUT2D eigenvalue weighted by Crippen LogP contribution is 2.36. The number of cyclic esters (lactones) is 1. The third kappa shape index (κ3) is 4.93. The Morgan fingerprint density at radius 3 is 2.65 bits per heavy atom. The van der Waals surface area contributed by atoms with Gasteiger partial charge in [0.2, 0.25) is 0 Å². The van der Waals surface area contributed by atoms with E-state index in [0.717, 1.165) is 47.3 Å². The number of nitrogens with zero attached hydrogens (tertiary/aromatic N) is 5. The molecule has 40 heavy (non-hydrogen) atoms. The number of ether oxygens (including phenoxy) is 1. The Balaban J connectivity index is 1.45. The fourth-order valence-electron chi connectivity index (χ4n) is 5.36. The van der Waals surface area contributed by atoms with Crippen molar-refractivity contribution in [3.8, 4) is 6.07 Å². The second-order valence-electron chi connectivity index (χ2n) is 11.0. The molecule has 2 atom stereocenters. The molecular weight excluding hydrogens is 508 g/mol. The summed E-state index contributed by atoms with van der Waals surface area (Å²) in [5, 5.41) is 18.3. The molecule has 1 saturated heterocycles. The van der Waals surface area contributed by atoms with E-state index in [4.69, 9.17) is 15.4 Å². The quantitative estimate of drug-likeness (QED) is 0.166. The van der Waals surface area contributed by atoms with Crippen LogP contribution in [0.1, 0.15) is 65.0 Å². The maximum atomic E-state index is 12.8. The molecule has 1 aliphatic heterocycles. The van der Waals surface area contributed by atoms with Gasteiger partial charge in [0.05, 0.1) is 29.3 Å². The molecule has 3 N–H and O–H groups in total. The molecule has 1 saturated carbocycles. The zero-order valence-electron chi connectivity index (χ0n) is 23.1.